The van der Waals surface area contributed by atoms with Crippen LogP contribution in [0.4, 0.5) is 0 Å². The van der Waals surface area contributed by atoms with E-state index in [1.54, 1.807) is 0 Å². The second-order valence-corrected chi connectivity index (χ2v) is 6.69. The van der Waals surface area contributed by atoms with E-state index in [0.717, 1.165) is 17.8 Å². The van der Waals surface area contributed by atoms with Crippen LogP contribution in [0.25, 0.3) is 0 Å². The topological polar surface area (TPSA) is 35.6 Å². The molecule has 110 valence electrons. The molecular weight excluding hydrogens is 248 g/mol. The minimum Gasteiger partial charge on any atom is -0.276 e. The van der Waals surface area contributed by atoms with Crippen molar-refractivity contribution in [3.05, 3.63) is 35.9 Å². The van der Waals surface area contributed by atoms with Crippen LogP contribution in [0.15, 0.2) is 24.5 Å². The van der Waals surface area contributed by atoms with Crippen molar-refractivity contribution in [1.29, 1.82) is 0 Å². The molecule has 0 bridgehead atoms. The SMILES string of the molecule is CC(C)c1ccn(C(C)CC(C)(C)c2ccn(C)n2)n1. The standard InChI is InChI=1S/C16H26N4/c1-12(2)14-7-10-20(17-14)13(3)11-16(4,5)15-8-9-19(6)18-15/h7-10,12-13H,11H2,1-6H3. The van der Waals surface area contributed by atoms with E-state index in [1.807, 2.05) is 17.9 Å². The molecule has 2 heterocycles. The van der Waals surface area contributed by atoms with Gasteiger partial charge in [-0.1, -0.05) is 27.7 Å². The van der Waals surface area contributed by atoms with Gasteiger partial charge in [-0.15, -0.1) is 0 Å². The van der Waals surface area contributed by atoms with Crippen molar-refractivity contribution in [2.75, 3.05) is 0 Å². The molecular formula is C16H26N4. The van der Waals surface area contributed by atoms with E-state index in [9.17, 15) is 0 Å². The highest BCUT2D eigenvalue weighted by Crippen LogP contribution is 2.31. The summed E-state index contributed by atoms with van der Waals surface area (Å²) >= 11 is 0. The molecule has 0 spiro atoms. The lowest BCUT2D eigenvalue weighted by Crippen LogP contribution is -2.23. The third kappa shape index (κ3) is 3.11. The Balaban J connectivity index is 2.11. The Labute approximate surface area is 121 Å². The van der Waals surface area contributed by atoms with Crippen LogP contribution in [-0.4, -0.2) is 19.6 Å². The average molecular weight is 274 g/mol. The molecule has 0 aromatic carbocycles. The molecule has 0 radical (unpaired) electrons. The summed E-state index contributed by atoms with van der Waals surface area (Å²) in [5.41, 5.74) is 2.35. The fourth-order valence-corrected chi connectivity index (χ4v) is 2.62. The van der Waals surface area contributed by atoms with Gasteiger partial charge in [0.2, 0.25) is 0 Å². The molecule has 4 heteroatoms. The summed E-state index contributed by atoms with van der Waals surface area (Å²) in [6.07, 6.45) is 5.12. The van der Waals surface area contributed by atoms with Gasteiger partial charge in [0.1, 0.15) is 0 Å². The van der Waals surface area contributed by atoms with Crippen LogP contribution >= 0.6 is 0 Å². The van der Waals surface area contributed by atoms with E-state index >= 15 is 0 Å². The summed E-state index contributed by atoms with van der Waals surface area (Å²) in [6.45, 7) is 11.1. The molecule has 0 saturated carbocycles. The lowest BCUT2D eigenvalue weighted by Gasteiger charge is -2.26. The molecule has 0 fully saturated rings. The van der Waals surface area contributed by atoms with E-state index in [1.165, 1.54) is 0 Å². The van der Waals surface area contributed by atoms with Gasteiger partial charge in [0.15, 0.2) is 0 Å². The summed E-state index contributed by atoms with van der Waals surface area (Å²) in [5, 5.41) is 9.23. The third-order valence-electron chi connectivity index (χ3n) is 3.88. The molecule has 2 rings (SSSR count). The zero-order chi connectivity index (χ0) is 14.9. The van der Waals surface area contributed by atoms with Gasteiger partial charge in [0.25, 0.3) is 0 Å². The van der Waals surface area contributed by atoms with E-state index in [2.05, 4.69) is 67.8 Å². The summed E-state index contributed by atoms with van der Waals surface area (Å²) in [6, 6.07) is 4.59. The fourth-order valence-electron chi connectivity index (χ4n) is 2.62. The molecule has 0 amide bonds. The lowest BCUT2D eigenvalue weighted by atomic mass is 9.83. The average Bonchev–Trinajstić information content (AvgIpc) is 2.96. The van der Waals surface area contributed by atoms with E-state index in [4.69, 9.17) is 0 Å². The first-order valence-corrected chi connectivity index (χ1v) is 7.35. The third-order valence-corrected chi connectivity index (χ3v) is 3.88. The largest absolute Gasteiger partial charge is 0.276 e. The highest BCUT2D eigenvalue weighted by atomic mass is 15.3. The number of nitrogens with zero attached hydrogens (tertiary/aromatic N) is 4. The number of hydrogen-bond donors (Lipinski definition) is 0. The van der Waals surface area contributed by atoms with Gasteiger partial charge in [0.05, 0.1) is 11.4 Å². The fraction of sp³-hybridized carbons (Fsp3) is 0.625. The number of hydrogen-bond acceptors (Lipinski definition) is 2. The lowest BCUT2D eigenvalue weighted by molar-refractivity contribution is 0.344. The zero-order valence-electron chi connectivity index (χ0n) is 13.5. The summed E-state index contributed by atoms with van der Waals surface area (Å²) in [4.78, 5) is 0. The van der Waals surface area contributed by atoms with Crippen molar-refractivity contribution >= 4 is 0 Å². The maximum Gasteiger partial charge on any atom is 0.0681 e. The quantitative estimate of drug-likeness (QED) is 0.834. The van der Waals surface area contributed by atoms with Gasteiger partial charge in [-0.3, -0.25) is 9.36 Å². The Bertz CT molecular complexity index is 563. The molecule has 0 saturated heterocycles. The second-order valence-electron chi connectivity index (χ2n) is 6.69. The molecule has 4 nitrogen and oxygen atoms in total. The van der Waals surface area contributed by atoms with Crippen LogP contribution in [0.3, 0.4) is 0 Å². The van der Waals surface area contributed by atoms with Crippen molar-refractivity contribution in [2.24, 2.45) is 7.05 Å². The number of aryl methyl sites for hydroxylation is 1. The predicted octanol–water partition coefficient (Wildman–Crippen LogP) is 3.67. The first-order chi connectivity index (χ1) is 9.29. The van der Waals surface area contributed by atoms with E-state index in [0.29, 0.717) is 12.0 Å². The van der Waals surface area contributed by atoms with Crippen molar-refractivity contribution in [3.63, 3.8) is 0 Å². The van der Waals surface area contributed by atoms with Crippen molar-refractivity contribution in [2.45, 2.75) is 58.4 Å². The predicted molar refractivity (Wildman–Crippen MR) is 81.9 cm³/mol. The molecule has 0 aliphatic rings. The molecule has 20 heavy (non-hydrogen) atoms. The molecule has 2 aromatic heterocycles. The molecule has 0 N–H and O–H groups in total. The first-order valence-electron chi connectivity index (χ1n) is 7.35. The van der Waals surface area contributed by atoms with Gasteiger partial charge in [-0.2, -0.15) is 10.2 Å². The Morgan fingerprint density at radius 2 is 1.80 bits per heavy atom. The highest BCUT2D eigenvalue weighted by molar-refractivity contribution is 5.13. The summed E-state index contributed by atoms with van der Waals surface area (Å²) < 4.78 is 3.95. The summed E-state index contributed by atoms with van der Waals surface area (Å²) in [5.74, 6) is 0.479. The number of aromatic nitrogens is 4. The van der Waals surface area contributed by atoms with Gasteiger partial charge in [0, 0.05) is 30.9 Å². The monoisotopic (exact) mass is 274 g/mol. The highest BCUT2D eigenvalue weighted by Gasteiger charge is 2.26. The van der Waals surface area contributed by atoms with E-state index < -0.39 is 0 Å². The molecule has 1 unspecified atom stereocenters. The molecule has 1 atom stereocenters. The molecule has 0 aliphatic carbocycles. The first kappa shape index (κ1) is 14.8. The van der Waals surface area contributed by atoms with Gasteiger partial charge in [-0.25, -0.2) is 0 Å². The van der Waals surface area contributed by atoms with Crippen LogP contribution < -0.4 is 0 Å². The minimum absolute atomic E-state index is 0.0463. The van der Waals surface area contributed by atoms with Gasteiger partial charge in [-0.05, 0) is 31.4 Å². The van der Waals surface area contributed by atoms with Gasteiger partial charge < -0.3 is 0 Å². The van der Waals surface area contributed by atoms with Crippen LogP contribution in [0.5, 0.6) is 0 Å². The van der Waals surface area contributed by atoms with Gasteiger partial charge >= 0.3 is 0 Å². The maximum atomic E-state index is 4.68. The Kier molecular flexibility index (Phi) is 4.02. The summed E-state index contributed by atoms with van der Waals surface area (Å²) in [7, 11) is 1.96. The second kappa shape index (κ2) is 5.43. The molecule has 2 aromatic rings. The maximum absolute atomic E-state index is 4.68. The van der Waals surface area contributed by atoms with Crippen molar-refractivity contribution < 1.29 is 0 Å². The van der Waals surface area contributed by atoms with Crippen molar-refractivity contribution in [1.82, 2.24) is 19.6 Å². The van der Waals surface area contributed by atoms with E-state index in [-0.39, 0.29) is 5.41 Å². The van der Waals surface area contributed by atoms with Crippen LogP contribution in [0.1, 0.15) is 64.4 Å². The smallest absolute Gasteiger partial charge is 0.0681 e. The van der Waals surface area contributed by atoms with Crippen molar-refractivity contribution in [3.8, 4) is 0 Å². The minimum atomic E-state index is 0.0463. The normalized spacial score (nSPS) is 13.9. The van der Waals surface area contributed by atoms with Crippen LogP contribution in [0.2, 0.25) is 0 Å². The number of rotatable bonds is 5. The Morgan fingerprint density at radius 1 is 1.10 bits per heavy atom. The van der Waals surface area contributed by atoms with Crippen LogP contribution in [0, 0.1) is 0 Å². The Hall–Kier alpha value is -1.58. The Morgan fingerprint density at radius 3 is 2.30 bits per heavy atom. The molecule has 0 aliphatic heterocycles. The van der Waals surface area contributed by atoms with Crippen LogP contribution in [-0.2, 0) is 12.5 Å². The zero-order valence-corrected chi connectivity index (χ0v) is 13.5.